The van der Waals surface area contributed by atoms with Crippen molar-refractivity contribution in [3.05, 3.63) is 69.0 Å². The van der Waals surface area contributed by atoms with Crippen LogP contribution >= 0.6 is 22.7 Å². The van der Waals surface area contributed by atoms with Gasteiger partial charge in [-0.3, -0.25) is 9.98 Å². The zero-order valence-electron chi connectivity index (χ0n) is 10.6. The highest BCUT2D eigenvalue weighted by molar-refractivity contribution is 7.12. The van der Waals surface area contributed by atoms with E-state index in [1.807, 2.05) is 71.7 Å². The summed E-state index contributed by atoms with van der Waals surface area (Å²) in [6.45, 7) is 0. The highest BCUT2D eigenvalue weighted by atomic mass is 32.1. The van der Waals surface area contributed by atoms with Crippen molar-refractivity contribution in [1.29, 1.82) is 0 Å². The summed E-state index contributed by atoms with van der Waals surface area (Å²) >= 11 is 3.35. The lowest BCUT2D eigenvalue weighted by Gasteiger charge is -1.96. The molecule has 3 aromatic rings. The highest BCUT2D eigenvalue weighted by Crippen LogP contribution is 2.21. The fraction of sp³-hybridized carbons (Fsp3) is 0. The molecular formula is C16H12N2S2. The normalized spacial score (nSPS) is 11.6. The molecule has 2 heterocycles. The van der Waals surface area contributed by atoms with Crippen LogP contribution in [0.2, 0.25) is 0 Å². The summed E-state index contributed by atoms with van der Waals surface area (Å²) in [6, 6.07) is 16.1. The Kier molecular flexibility index (Phi) is 4.16. The maximum Gasteiger partial charge on any atom is 0.0651 e. The molecule has 0 bridgehead atoms. The van der Waals surface area contributed by atoms with Crippen LogP contribution in [0.1, 0.15) is 9.75 Å². The van der Waals surface area contributed by atoms with E-state index in [4.69, 9.17) is 0 Å². The van der Waals surface area contributed by atoms with Gasteiger partial charge in [0.25, 0.3) is 0 Å². The smallest absolute Gasteiger partial charge is 0.0651 e. The van der Waals surface area contributed by atoms with Crippen LogP contribution in [0.3, 0.4) is 0 Å². The van der Waals surface area contributed by atoms with Crippen LogP contribution in [0.25, 0.3) is 0 Å². The van der Waals surface area contributed by atoms with Gasteiger partial charge in [-0.1, -0.05) is 18.2 Å². The Morgan fingerprint density at radius 1 is 0.700 bits per heavy atom. The predicted octanol–water partition coefficient (Wildman–Crippen LogP) is 5.31. The van der Waals surface area contributed by atoms with Crippen LogP contribution in [-0.2, 0) is 0 Å². The molecule has 0 saturated carbocycles. The quantitative estimate of drug-likeness (QED) is 0.583. The van der Waals surface area contributed by atoms with Gasteiger partial charge in [-0.15, -0.1) is 22.7 Å². The number of aliphatic imine (C=N–C) groups is 2. The van der Waals surface area contributed by atoms with E-state index in [2.05, 4.69) is 9.98 Å². The maximum atomic E-state index is 4.47. The fourth-order valence-electron chi connectivity index (χ4n) is 1.66. The number of rotatable bonds is 4. The molecule has 0 N–H and O–H groups in total. The van der Waals surface area contributed by atoms with Gasteiger partial charge < -0.3 is 0 Å². The van der Waals surface area contributed by atoms with Crippen LogP contribution < -0.4 is 0 Å². The third kappa shape index (κ3) is 3.50. The Morgan fingerprint density at radius 3 is 1.70 bits per heavy atom. The van der Waals surface area contributed by atoms with Gasteiger partial charge in [0, 0.05) is 22.2 Å². The molecule has 0 saturated heterocycles. The van der Waals surface area contributed by atoms with E-state index in [0.29, 0.717) is 0 Å². The summed E-state index contributed by atoms with van der Waals surface area (Å²) in [6.07, 6.45) is 3.76. The van der Waals surface area contributed by atoms with Gasteiger partial charge in [0.1, 0.15) is 0 Å². The molecule has 20 heavy (non-hydrogen) atoms. The van der Waals surface area contributed by atoms with Gasteiger partial charge in [0.2, 0.25) is 0 Å². The predicted molar refractivity (Wildman–Crippen MR) is 89.6 cm³/mol. The summed E-state index contributed by atoms with van der Waals surface area (Å²) < 4.78 is 0. The summed E-state index contributed by atoms with van der Waals surface area (Å²) in [7, 11) is 0. The molecule has 0 amide bonds. The molecule has 0 aliphatic carbocycles. The van der Waals surface area contributed by atoms with E-state index in [1.54, 1.807) is 22.7 Å². The van der Waals surface area contributed by atoms with Crippen LogP contribution in [-0.4, -0.2) is 12.4 Å². The van der Waals surface area contributed by atoms with E-state index < -0.39 is 0 Å². The fourth-order valence-corrected chi connectivity index (χ4v) is 2.83. The van der Waals surface area contributed by atoms with Crippen molar-refractivity contribution >= 4 is 46.5 Å². The van der Waals surface area contributed by atoms with E-state index >= 15 is 0 Å². The minimum absolute atomic E-state index is 0.916. The topological polar surface area (TPSA) is 24.7 Å². The second-order valence-electron chi connectivity index (χ2n) is 4.07. The third-order valence-corrected chi connectivity index (χ3v) is 4.21. The second kappa shape index (κ2) is 6.41. The van der Waals surface area contributed by atoms with Crippen LogP contribution in [0, 0.1) is 0 Å². The summed E-state index contributed by atoms with van der Waals surface area (Å²) in [5.74, 6) is 0. The SMILES string of the molecule is C(=Nc1cccc(N=Cc2cccs2)c1)c1cccs1. The Balaban J connectivity index is 1.76. The second-order valence-corrected chi connectivity index (χ2v) is 6.03. The first kappa shape index (κ1) is 13.0. The Hall–Kier alpha value is -2.04. The van der Waals surface area contributed by atoms with Gasteiger partial charge in [-0.25, -0.2) is 0 Å². The molecule has 0 radical (unpaired) electrons. The maximum absolute atomic E-state index is 4.47. The lowest BCUT2D eigenvalue weighted by atomic mass is 10.3. The zero-order valence-corrected chi connectivity index (χ0v) is 12.3. The Labute approximate surface area is 125 Å². The lowest BCUT2D eigenvalue weighted by molar-refractivity contribution is 1.48. The van der Waals surface area contributed by atoms with Crippen molar-refractivity contribution in [1.82, 2.24) is 0 Å². The van der Waals surface area contributed by atoms with E-state index in [-0.39, 0.29) is 0 Å². The minimum atomic E-state index is 0.916. The van der Waals surface area contributed by atoms with Crippen molar-refractivity contribution in [2.45, 2.75) is 0 Å². The number of thiophene rings is 2. The molecule has 2 aromatic heterocycles. The monoisotopic (exact) mass is 296 g/mol. The number of hydrogen-bond acceptors (Lipinski definition) is 4. The summed E-state index contributed by atoms with van der Waals surface area (Å²) in [4.78, 5) is 11.2. The van der Waals surface area contributed by atoms with Crippen molar-refractivity contribution < 1.29 is 0 Å². The van der Waals surface area contributed by atoms with Gasteiger partial charge in [0.15, 0.2) is 0 Å². The first-order valence-electron chi connectivity index (χ1n) is 6.15. The van der Waals surface area contributed by atoms with Crippen molar-refractivity contribution in [2.24, 2.45) is 9.98 Å². The summed E-state index contributed by atoms with van der Waals surface area (Å²) in [5, 5.41) is 4.09. The molecule has 0 aliphatic rings. The van der Waals surface area contributed by atoms with Crippen molar-refractivity contribution in [3.8, 4) is 0 Å². The number of hydrogen-bond donors (Lipinski definition) is 0. The van der Waals surface area contributed by atoms with E-state index in [9.17, 15) is 0 Å². The average Bonchev–Trinajstić information content (AvgIpc) is 3.17. The molecule has 0 fully saturated rings. The van der Waals surface area contributed by atoms with Crippen LogP contribution in [0.4, 0.5) is 11.4 Å². The minimum Gasteiger partial charge on any atom is -0.255 e. The lowest BCUT2D eigenvalue weighted by Crippen LogP contribution is -1.74. The standard InChI is InChI=1S/C16H12N2S2/c1-4-13(17-11-15-6-2-8-19-15)10-14(5-1)18-12-16-7-3-9-20-16/h1-12H. The Morgan fingerprint density at radius 2 is 1.25 bits per heavy atom. The van der Waals surface area contributed by atoms with Crippen LogP contribution in [0.15, 0.2) is 69.3 Å². The molecule has 3 rings (SSSR count). The Bertz CT molecular complexity index is 651. The van der Waals surface area contributed by atoms with Crippen LogP contribution in [0.5, 0.6) is 0 Å². The summed E-state index contributed by atoms with van der Waals surface area (Å²) in [5.41, 5.74) is 1.83. The molecule has 0 atom stereocenters. The molecule has 0 aliphatic heterocycles. The highest BCUT2D eigenvalue weighted by Gasteiger charge is 1.93. The molecule has 0 spiro atoms. The molecule has 0 unspecified atom stereocenters. The van der Waals surface area contributed by atoms with Gasteiger partial charge in [-0.2, -0.15) is 0 Å². The molecule has 98 valence electrons. The molecular weight excluding hydrogens is 284 g/mol. The largest absolute Gasteiger partial charge is 0.255 e. The molecule has 1 aromatic carbocycles. The molecule has 2 nitrogen and oxygen atoms in total. The number of benzene rings is 1. The third-order valence-electron chi connectivity index (χ3n) is 2.60. The van der Waals surface area contributed by atoms with Gasteiger partial charge >= 0.3 is 0 Å². The van der Waals surface area contributed by atoms with E-state index in [1.165, 1.54) is 0 Å². The zero-order chi connectivity index (χ0) is 13.6. The average molecular weight is 296 g/mol. The first-order valence-corrected chi connectivity index (χ1v) is 7.91. The van der Waals surface area contributed by atoms with Gasteiger partial charge in [-0.05, 0) is 41.1 Å². The molecule has 4 heteroatoms. The van der Waals surface area contributed by atoms with Crippen molar-refractivity contribution in [2.75, 3.05) is 0 Å². The van der Waals surface area contributed by atoms with Crippen molar-refractivity contribution in [3.63, 3.8) is 0 Å². The van der Waals surface area contributed by atoms with E-state index in [0.717, 1.165) is 21.1 Å². The van der Waals surface area contributed by atoms with Gasteiger partial charge in [0.05, 0.1) is 11.4 Å². The number of nitrogens with zero attached hydrogens (tertiary/aromatic N) is 2. The first-order chi connectivity index (χ1) is 9.90.